The number of hydrogen-bond acceptors (Lipinski definition) is 5. The van der Waals surface area contributed by atoms with Gasteiger partial charge < -0.3 is 24.3 Å². The lowest BCUT2D eigenvalue weighted by molar-refractivity contribution is -0.351. The molecule has 0 bridgehead atoms. The van der Waals surface area contributed by atoms with Gasteiger partial charge in [0, 0.05) is 18.5 Å². The number of anilines is 1. The minimum atomic E-state index is -1.28. The van der Waals surface area contributed by atoms with E-state index in [4.69, 9.17) is 31.8 Å². The largest absolute Gasteiger partial charge is 0.337 e. The Morgan fingerprint density at radius 2 is 1.54 bits per heavy atom. The van der Waals surface area contributed by atoms with Crippen molar-refractivity contribution in [1.29, 1.82) is 0 Å². The van der Waals surface area contributed by atoms with Crippen LogP contribution in [0.1, 0.15) is 33.6 Å². The van der Waals surface area contributed by atoms with Crippen molar-refractivity contribution in [1.82, 2.24) is 0 Å². The molecule has 0 aliphatic carbocycles. The molecule has 0 unspecified atom stereocenters. The Bertz CT molecular complexity index is 788. The molecule has 148 valence electrons. The maximum Gasteiger partial charge on any atom is 0.236 e. The van der Waals surface area contributed by atoms with Gasteiger partial charge in [-0.15, -0.1) is 12.8 Å². The van der Waals surface area contributed by atoms with Gasteiger partial charge in [-0.3, -0.25) is 4.79 Å². The third-order valence-corrected chi connectivity index (χ3v) is 5.32. The number of para-hydroxylation sites is 1. The molecule has 0 saturated carbocycles. The molecular weight excluding hydrogens is 358 g/mol. The standard InChI is InChI=1S/C22H25NO5/c1-6-13-25-19(3)15-22(18(24)23-17-11-9-8-10-12-17)16-20(4,26-14-7-2)28-21(22,5)27-19/h1-2,8-12H,13-16H2,3-5H3,(H,23,24)/t19-,20-,21?,22?/m0/s1. The molecule has 3 rings (SSSR count). The molecular formula is C22H25NO5. The van der Waals surface area contributed by atoms with Crippen LogP contribution in [0.15, 0.2) is 30.3 Å². The molecule has 0 radical (unpaired) electrons. The van der Waals surface area contributed by atoms with Crippen LogP contribution in [0.4, 0.5) is 5.69 Å². The van der Waals surface area contributed by atoms with Gasteiger partial charge in [0.2, 0.25) is 5.91 Å². The number of nitrogens with one attached hydrogen (secondary N) is 1. The minimum absolute atomic E-state index is 0.0633. The molecule has 1 aromatic carbocycles. The van der Waals surface area contributed by atoms with E-state index in [0.717, 1.165) is 0 Å². The number of fused-ring (bicyclic) bond motifs is 1. The zero-order chi connectivity index (χ0) is 20.5. The third kappa shape index (κ3) is 3.53. The van der Waals surface area contributed by atoms with Crippen molar-refractivity contribution < 1.29 is 23.7 Å². The highest BCUT2D eigenvalue weighted by Crippen LogP contribution is 2.62. The molecule has 2 aliphatic rings. The lowest BCUT2D eigenvalue weighted by Crippen LogP contribution is -2.47. The van der Waals surface area contributed by atoms with E-state index in [9.17, 15) is 4.79 Å². The predicted molar refractivity (Wildman–Crippen MR) is 104 cm³/mol. The average Bonchev–Trinajstić information content (AvgIpc) is 2.99. The summed E-state index contributed by atoms with van der Waals surface area (Å²) in [6, 6.07) is 9.22. The molecule has 6 nitrogen and oxygen atoms in total. The summed E-state index contributed by atoms with van der Waals surface area (Å²) in [7, 11) is 0. The number of rotatable bonds is 6. The number of hydrogen-bond donors (Lipinski definition) is 1. The van der Waals surface area contributed by atoms with Gasteiger partial charge in [-0.2, -0.15) is 0 Å². The Morgan fingerprint density at radius 3 is 2.00 bits per heavy atom. The number of carbonyl (C=O) groups excluding carboxylic acids is 1. The molecule has 2 saturated heterocycles. The summed E-state index contributed by atoms with van der Waals surface area (Å²) in [5.41, 5.74) is -0.379. The van der Waals surface area contributed by atoms with Crippen LogP contribution in [0, 0.1) is 30.1 Å². The molecule has 6 heteroatoms. The van der Waals surface area contributed by atoms with Gasteiger partial charge in [0.05, 0.1) is 0 Å². The van der Waals surface area contributed by atoms with Crippen LogP contribution in [0.3, 0.4) is 0 Å². The zero-order valence-electron chi connectivity index (χ0n) is 16.4. The summed E-state index contributed by atoms with van der Waals surface area (Å²) in [6.45, 7) is 5.37. The van der Waals surface area contributed by atoms with E-state index >= 15 is 0 Å². The fraction of sp³-hybridized carbons (Fsp3) is 0.500. The van der Waals surface area contributed by atoms with E-state index in [-0.39, 0.29) is 32.0 Å². The first-order valence-electron chi connectivity index (χ1n) is 9.12. The second-order valence-electron chi connectivity index (χ2n) is 7.66. The van der Waals surface area contributed by atoms with Gasteiger partial charge in [0.15, 0.2) is 17.4 Å². The van der Waals surface area contributed by atoms with Crippen LogP contribution in [0.5, 0.6) is 0 Å². The Labute approximate surface area is 165 Å². The van der Waals surface area contributed by atoms with Crippen LogP contribution in [-0.4, -0.2) is 36.5 Å². The van der Waals surface area contributed by atoms with Gasteiger partial charge in [0.25, 0.3) is 0 Å². The van der Waals surface area contributed by atoms with Crippen LogP contribution in [-0.2, 0) is 23.7 Å². The summed E-state index contributed by atoms with van der Waals surface area (Å²) in [4.78, 5) is 13.5. The fourth-order valence-electron chi connectivity index (χ4n) is 4.28. The average molecular weight is 383 g/mol. The SMILES string of the molecule is C#CCO[C@]1(C)CC2(C(=O)Nc3ccccc3)C[C@@](C)(OCC#C)OC2(C)O1. The number of amides is 1. The molecule has 1 aromatic rings. The van der Waals surface area contributed by atoms with E-state index < -0.39 is 22.8 Å². The monoisotopic (exact) mass is 383 g/mol. The Kier molecular flexibility index (Phi) is 5.27. The highest BCUT2D eigenvalue weighted by molar-refractivity contribution is 5.96. The van der Waals surface area contributed by atoms with E-state index in [1.54, 1.807) is 20.8 Å². The van der Waals surface area contributed by atoms with E-state index in [1.807, 2.05) is 30.3 Å². The van der Waals surface area contributed by atoms with Crippen LogP contribution in [0.25, 0.3) is 0 Å². The summed E-state index contributed by atoms with van der Waals surface area (Å²) in [5, 5.41) is 2.97. The Hall–Kier alpha value is -2.35. The van der Waals surface area contributed by atoms with Crippen LogP contribution >= 0.6 is 0 Å². The van der Waals surface area contributed by atoms with Crippen molar-refractivity contribution in [2.24, 2.45) is 5.41 Å². The van der Waals surface area contributed by atoms with Crippen molar-refractivity contribution in [2.45, 2.75) is 51.0 Å². The van der Waals surface area contributed by atoms with Gasteiger partial charge >= 0.3 is 0 Å². The van der Waals surface area contributed by atoms with E-state index in [1.165, 1.54) is 0 Å². The molecule has 2 fully saturated rings. The van der Waals surface area contributed by atoms with Crippen LogP contribution in [0.2, 0.25) is 0 Å². The molecule has 1 amide bonds. The first kappa shape index (κ1) is 20.4. The predicted octanol–water partition coefficient (Wildman–Crippen LogP) is 2.90. The van der Waals surface area contributed by atoms with Gasteiger partial charge in [-0.05, 0) is 32.9 Å². The number of terminal acetylenes is 2. The first-order chi connectivity index (χ1) is 13.2. The summed E-state index contributed by atoms with van der Waals surface area (Å²) >= 11 is 0. The van der Waals surface area contributed by atoms with Gasteiger partial charge in [-0.1, -0.05) is 30.0 Å². The fourth-order valence-corrected chi connectivity index (χ4v) is 4.28. The smallest absolute Gasteiger partial charge is 0.236 e. The van der Waals surface area contributed by atoms with E-state index in [0.29, 0.717) is 5.69 Å². The van der Waals surface area contributed by atoms with Crippen molar-refractivity contribution in [2.75, 3.05) is 18.5 Å². The summed E-state index contributed by atoms with van der Waals surface area (Å²) in [6.07, 6.45) is 11.2. The van der Waals surface area contributed by atoms with Crippen molar-refractivity contribution in [3.63, 3.8) is 0 Å². The second kappa shape index (κ2) is 7.24. The summed E-state index contributed by atoms with van der Waals surface area (Å²) in [5.74, 6) is 1.22. The zero-order valence-corrected chi connectivity index (χ0v) is 16.4. The maximum atomic E-state index is 13.5. The molecule has 2 heterocycles. The highest BCUT2D eigenvalue weighted by Gasteiger charge is 2.74. The molecule has 1 N–H and O–H groups in total. The second-order valence-corrected chi connectivity index (χ2v) is 7.66. The number of carbonyl (C=O) groups is 1. The molecule has 2 aliphatic heterocycles. The number of benzene rings is 1. The van der Waals surface area contributed by atoms with E-state index in [2.05, 4.69) is 17.2 Å². The van der Waals surface area contributed by atoms with Gasteiger partial charge in [-0.25, -0.2) is 0 Å². The van der Waals surface area contributed by atoms with Crippen molar-refractivity contribution in [3.8, 4) is 24.7 Å². The van der Waals surface area contributed by atoms with Gasteiger partial charge in [0.1, 0.15) is 18.6 Å². The Morgan fingerprint density at radius 1 is 1.04 bits per heavy atom. The highest BCUT2D eigenvalue weighted by atomic mass is 16.8. The topological polar surface area (TPSA) is 66.0 Å². The third-order valence-electron chi connectivity index (χ3n) is 5.32. The maximum absolute atomic E-state index is 13.5. The summed E-state index contributed by atoms with van der Waals surface area (Å²) < 4.78 is 23.8. The quantitative estimate of drug-likeness (QED) is 0.765. The molecule has 0 aromatic heterocycles. The molecule has 0 spiro atoms. The lowest BCUT2D eigenvalue weighted by atomic mass is 9.74. The van der Waals surface area contributed by atoms with Crippen molar-refractivity contribution in [3.05, 3.63) is 30.3 Å². The van der Waals surface area contributed by atoms with Crippen LogP contribution < -0.4 is 5.32 Å². The number of ether oxygens (including phenoxy) is 4. The molecule has 2 atom stereocenters. The van der Waals surface area contributed by atoms with Crippen molar-refractivity contribution >= 4 is 11.6 Å². The first-order valence-corrected chi connectivity index (χ1v) is 9.12. The lowest BCUT2D eigenvalue weighted by Gasteiger charge is -2.33. The normalized spacial score (nSPS) is 36.3. The minimum Gasteiger partial charge on any atom is -0.337 e. The Balaban J connectivity index is 1.94. The molecule has 28 heavy (non-hydrogen) atoms.